The molecule has 1 saturated heterocycles. The number of phenolic OH excluding ortho intramolecular Hbond substituents is 1. The van der Waals surface area contributed by atoms with Crippen LogP contribution >= 0.6 is 0 Å². The maximum Gasteiger partial charge on any atom is 0.242 e. The van der Waals surface area contributed by atoms with E-state index in [9.17, 15) is 9.90 Å². The monoisotopic (exact) mass is 335 g/mol. The lowest BCUT2D eigenvalue weighted by molar-refractivity contribution is -0.124. The zero-order chi connectivity index (χ0) is 17.2. The van der Waals surface area contributed by atoms with Crippen LogP contribution in [0.25, 0.3) is 0 Å². The fourth-order valence-electron chi connectivity index (χ4n) is 3.53. The van der Waals surface area contributed by atoms with E-state index in [-0.39, 0.29) is 17.7 Å². The molecule has 0 bridgehead atoms. The minimum Gasteiger partial charge on any atom is -0.508 e. The van der Waals surface area contributed by atoms with Crippen molar-refractivity contribution in [3.05, 3.63) is 59.7 Å². The Kier molecular flexibility index (Phi) is 4.14. The number of nitrogens with zero attached hydrogens (tertiary/aromatic N) is 2. The zero-order valence-corrected chi connectivity index (χ0v) is 14.0. The van der Waals surface area contributed by atoms with Crippen LogP contribution < -0.4 is 5.32 Å². The van der Waals surface area contributed by atoms with Crippen LogP contribution in [0.2, 0.25) is 0 Å². The molecule has 2 N–H and O–H groups in total. The van der Waals surface area contributed by atoms with Gasteiger partial charge in [0, 0.05) is 19.5 Å². The summed E-state index contributed by atoms with van der Waals surface area (Å²) in [5.74, 6) is 1.36. The van der Waals surface area contributed by atoms with Gasteiger partial charge in [0.1, 0.15) is 17.6 Å². The quantitative estimate of drug-likeness (QED) is 0.903. The Bertz CT molecular complexity index is 814. The Balaban J connectivity index is 1.36. The van der Waals surface area contributed by atoms with E-state index in [0.717, 1.165) is 42.9 Å². The minimum absolute atomic E-state index is 0.0726. The van der Waals surface area contributed by atoms with Crippen LogP contribution in [-0.2, 0) is 17.8 Å². The van der Waals surface area contributed by atoms with Crippen molar-refractivity contribution in [2.24, 2.45) is 4.99 Å². The Morgan fingerprint density at radius 2 is 2.00 bits per heavy atom. The zero-order valence-electron chi connectivity index (χ0n) is 14.0. The molecule has 0 aliphatic carbocycles. The highest BCUT2D eigenvalue weighted by atomic mass is 16.3. The number of hydrogen-bond acceptors (Lipinski definition) is 4. The third kappa shape index (κ3) is 3.22. The summed E-state index contributed by atoms with van der Waals surface area (Å²) in [6, 6.07) is 15.1. The van der Waals surface area contributed by atoms with Gasteiger partial charge in [-0.3, -0.25) is 4.79 Å². The molecule has 0 aromatic heterocycles. The highest BCUT2D eigenvalue weighted by Crippen LogP contribution is 2.32. The molecule has 1 atom stereocenters. The molecule has 1 amide bonds. The number of amidine groups is 1. The maximum absolute atomic E-state index is 12.6. The predicted octanol–water partition coefficient (Wildman–Crippen LogP) is 2.76. The van der Waals surface area contributed by atoms with Crippen LogP contribution in [0.1, 0.15) is 24.0 Å². The highest BCUT2D eigenvalue weighted by Gasteiger charge is 2.36. The van der Waals surface area contributed by atoms with E-state index in [1.807, 2.05) is 30.3 Å². The van der Waals surface area contributed by atoms with E-state index in [2.05, 4.69) is 16.3 Å². The molecule has 0 radical (unpaired) electrons. The number of para-hydroxylation sites is 1. The van der Waals surface area contributed by atoms with Gasteiger partial charge in [0.05, 0.1) is 5.69 Å². The van der Waals surface area contributed by atoms with Crippen molar-refractivity contribution >= 4 is 17.4 Å². The number of rotatable bonds is 4. The smallest absolute Gasteiger partial charge is 0.242 e. The largest absolute Gasteiger partial charge is 0.508 e. The van der Waals surface area contributed by atoms with Crippen LogP contribution in [0.4, 0.5) is 5.69 Å². The first-order valence-electron chi connectivity index (χ1n) is 8.68. The van der Waals surface area contributed by atoms with E-state index in [1.54, 1.807) is 12.1 Å². The van der Waals surface area contributed by atoms with Gasteiger partial charge in [-0.15, -0.1) is 0 Å². The molecule has 2 aliphatic rings. The van der Waals surface area contributed by atoms with Gasteiger partial charge in [-0.1, -0.05) is 30.3 Å². The second-order valence-corrected chi connectivity index (χ2v) is 6.55. The van der Waals surface area contributed by atoms with Gasteiger partial charge in [-0.25, -0.2) is 4.99 Å². The number of nitrogens with one attached hydrogen (secondary N) is 1. The average molecular weight is 335 g/mol. The van der Waals surface area contributed by atoms with Crippen molar-refractivity contribution in [1.29, 1.82) is 0 Å². The number of aromatic hydroxyl groups is 1. The number of carbonyl (C=O) groups excluding carboxylic acids is 1. The van der Waals surface area contributed by atoms with Gasteiger partial charge in [0.15, 0.2) is 0 Å². The van der Waals surface area contributed by atoms with Crippen LogP contribution in [0.5, 0.6) is 5.75 Å². The number of carbonyl (C=O) groups is 1. The minimum atomic E-state index is -0.132. The molecule has 0 spiro atoms. The molecule has 2 aliphatic heterocycles. The molecular weight excluding hydrogens is 314 g/mol. The summed E-state index contributed by atoms with van der Waals surface area (Å²) in [7, 11) is 0. The molecule has 0 saturated carbocycles. The van der Waals surface area contributed by atoms with Crippen LogP contribution in [0.15, 0.2) is 53.5 Å². The number of benzene rings is 2. The molecule has 25 heavy (non-hydrogen) atoms. The standard InChI is InChI=1S/C20H21N3O2/c24-16-7-5-14(6-8-16)11-12-21-20(25)18-9-10-19-22-17-4-2-1-3-15(17)13-23(18)19/h1-8,18,24H,9-13H2,(H,21,25)/t18-/m0/s1. The predicted molar refractivity (Wildman–Crippen MR) is 96.9 cm³/mol. The van der Waals surface area contributed by atoms with Gasteiger partial charge in [-0.05, 0) is 42.2 Å². The summed E-state index contributed by atoms with van der Waals surface area (Å²) in [5.41, 5.74) is 3.30. The van der Waals surface area contributed by atoms with Crippen LogP contribution in [-0.4, -0.2) is 34.3 Å². The molecule has 5 heteroatoms. The van der Waals surface area contributed by atoms with E-state index in [0.29, 0.717) is 6.54 Å². The van der Waals surface area contributed by atoms with Crippen molar-refractivity contribution < 1.29 is 9.90 Å². The summed E-state index contributed by atoms with van der Waals surface area (Å²) >= 11 is 0. The highest BCUT2D eigenvalue weighted by molar-refractivity contribution is 5.95. The summed E-state index contributed by atoms with van der Waals surface area (Å²) in [6.45, 7) is 1.35. The lowest BCUT2D eigenvalue weighted by atomic mass is 10.1. The number of phenols is 1. The van der Waals surface area contributed by atoms with Gasteiger partial charge in [-0.2, -0.15) is 0 Å². The van der Waals surface area contributed by atoms with Crippen molar-refractivity contribution in [3.8, 4) is 5.75 Å². The molecule has 2 heterocycles. The van der Waals surface area contributed by atoms with Crippen LogP contribution in [0.3, 0.4) is 0 Å². The first-order valence-corrected chi connectivity index (χ1v) is 8.68. The lowest BCUT2D eigenvalue weighted by Crippen LogP contribution is -2.45. The lowest BCUT2D eigenvalue weighted by Gasteiger charge is -2.29. The fraction of sp³-hybridized carbons (Fsp3) is 0.300. The third-order valence-corrected chi connectivity index (χ3v) is 4.88. The van der Waals surface area contributed by atoms with Crippen LogP contribution in [0, 0.1) is 0 Å². The topological polar surface area (TPSA) is 64.9 Å². The first kappa shape index (κ1) is 15.7. The Labute approximate surface area is 147 Å². The Morgan fingerprint density at radius 1 is 1.20 bits per heavy atom. The molecule has 1 fully saturated rings. The Morgan fingerprint density at radius 3 is 2.84 bits per heavy atom. The number of hydrogen-bond donors (Lipinski definition) is 2. The molecule has 2 aromatic carbocycles. The fourth-order valence-corrected chi connectivity index (χ4v) is 3.53. The molecule has 5 nitrogen and oxygen atoms in total. The van der Waals surface area contributed by atoms with Crippen molar-refractivity contribution in [2.75, 3.05) is 6.54 Å². The second kappa shape index (κ2) is 6.59. The summed E-state index contributed by atoms with van der Waals surface area (Å²) in [5, 5.41) is 12.4. The first-order chi connectivity index (χ1) is 12.2. The molecule has 128 valence electrons. The molecule has 0 unspecified atom stereocenters. The van der Waals surface area contributed by atoms with Crippen molar-refractivity contribution in [1.82, 2.24) is 10.2 Å². The normalized spacial score (nSPS) is 18.3. The number of fused-ring (bicyclic) bond motifs is 2. The summed E-state index contributed by atoms with van der Waals surface area (Å²) in [6.07, 6.45) is 2.42. The second-order valence-electron chi connectivity index (χ2n) is 6.55. The molecule has 4 rings (SSSR count). The SMILES string of the molecule is O=C(NCCc1ccc(O)cc1)[C@@H]1CCC2=Nc3ccccc3CN21. The Hall–Kier alpha value is -2.82. The van der Waals surface area contributed by atoms with E-state index >= 15 is 0 Å². The summed E-state index contributed by atoms with van der Waals surface area (Å²) in [4.78, 5) is 19.5. The van der Waals surface area contributed by atoms with Gasteiger partial charge >= 0.3 is 0 Å². The average Bonchev–Trinajstić information content (AvgIpc) is 3.04. The van der Waals surface area contributed by atoms with Gasteiger partial charge in [0.25, 0.3) is 0 Å². The molecular formula is C20H21N3O2. The maximum atomic E-state index is 12.6. The van der Waals surface area contributed by atoms with Gasteiger partial charge in [0.2, 0.25) is 5.91 Å². The third-order valence-electron chi connectivity index (χ3n) is 4.88. The number of aliphatic imine (C=N–C) groups is 1. The number of amides is 1. The summed E-state index contributed by atoms with van der Waals surface area (Å²) < 4.78 is 0. The van der Waals surface area contributed by atoms with E-state index in [1.165, 1.54) is 5.56 Å². The molecule has 2 aromatic rings. The van der Waals surface area contributed by atoms with E-state index in [4.69, 9.17) is 4.99 Å². The van der Waals surface area contributed by atoms with Gasteiger partial charge < -0.3 is 15.3 Å². The van der Waals surface area contributed by atoms with E-state index < -0.39 is 0 Å². The van der Waals surface area contributed by atoms with Crippen molar-refractivity contribution in [2.45, 2.75) is 31.8 Å². The van der Waals surface area contributed by atoms with Crippen molar-refractivity contribution in [3.63, 3.8) is 0 Å².